The number of fused-ring (bicyclic) bond motifs is 1. The molecule has 4 aromatic rings. The third-order valence-electron chi connectivity index (χ3n) is 5.99. The number of carbonyl (C=O) groups is 2. The second-order valence-electron chi connectivity index (χ2n) is 8.02. The lowest BCUT2D eigenvalue weighted by atomic mass is 9.92. The molecule has 33 heavy (non-hydrogen) atoms. The Labute approximate surface area is 189 Å². The first-order chi connectivity index (χ1) is 16.0. The molecule has 0 saturated heterocycles. The molecule has 6 heteroatoms. The highest BCUT2D eigenvalue weighted by atomic mass is 19.1. The summed E-state index contributed by atoms with van der Waals surface area (Å²) in [6.45, 7) is 0. The van der Waals surface area contributed by atoms with Gasteiger partial charge in [-0.3, -0.25) is 14.5 Å². The van der Waals surface area contributed by atoms with Gasteiger partial charge in [-0.15, -0.1) is 0 Å². The molecule has 0 saturated carbocycles. The Hall–Kier alpha value is -4.19. The van der Waals surface area contributed by atoms with E-state index in [1.807, 2.05) is 54.6 Å². The topological polar surface area (TPSA) is 73.4 Å². The molecule has 1 aromatic heterocycles. The zero-order valence-corrected chi connectivity index (χ0v) is 17.7. The number of aromatic nitrogens is 1. The average molecular weight is 440 g/mol. The third-order valence-corrected chi connectivity index (χ3v) is 5.99. The minimum atomic E-state index is -0.876. The van der Waals surface area contributed by atoms with Gasteiger partial charge in [-0.1, -0.05) is 54.6 Å². The summed E-state index contributed by atoms with van der Waals surface area (Å²) < 4.78 is 14.0. The molecule has 1 amide bonds. The van der Waals surface area contributed by atoms with E-state index in [-0.39, 0.29) is 23.5 Å². The zero-order chi connectivity index (χ0) is 22.9. The second kappa shape index (κ2) is 8.39. The monoisotopic (exact) mass is 440 g/mol. The number of hydrogen-bond donors (Lipinski definition) is 2. The molecule has 0 spiro atoms. The maximum atomic E-state index is 14.0. The van der Waals surface area contributed by atoms with E-state index in [1.165, 1.54) is 23.1 Å². The van der Waals surface area contributed by atoms with Crippen molar-refractivity contribution in [1.29, 1.82) is 0 Å². The summed E-state index contributed by atoms with van der Waals surface area (Å²) in [6.07, 6.45) is 2.34. The number of anilines is 1. The predicted molar refractivity (Wildman–Crippen MR) is 124 cm³/mol. The van der Waals surface area contributed by atoms with Crippen LogP contribution in [-0.4, -0.2) is 21.8 Å². The maximum Gasteiger partial charge on any atom is 0.294 e. The molecule has 5 rings (SSSR count). The molecule has 1 aliphatic rings. The van der Waals surface area contributed by atoms with Crippen molar-refractivity contribution in [2.75, 3.05) is 4.90 Å². The van der Waals surface area contributed by atoms with Gasteiger partial charge in [0, 0.05) is 34.8 Å². The number of ketones is 1. The molecule has 1 unspecified atom stereocenters. The van der Waals surface area contributed by atoms with Crippen LogP contribution in [0.25, 0.3) is 10.9 Å². The maximum absolute atomic E-state index is 14.0. The number of para-hydroxylation sites is 1. The van der Waals surface area contributed by atoms with Gasteiger partial charge < -0.3 is 10.1 Å². The lowest BCUT2D eigenvalue weighted by Gasteiger charge is -2.26. The molecule has 3 aromatic carbocycles. The normalized spacial score (nSPS) is 16.1. The smallest absolute Gasteiger partial charge is 0.294 e. The molecule has 1 aliphatic heterocycles. The van der Waals surface area contributed by atoms with Crippen LogP contribution in [0.5, 0.6) is 0 Å². The number of Topliss-reactive ketones (excluding diaryl/α,β-unsaturated/α-hetero) is 1. The predicted octanol–water partition coefficient (Wildman–Crippen LogP) is 5.41. The van der Waals surface area contributed by atoms with Gasteiger partial charge in [0.2, 0.25) is 0 Å². The molecule has 0 fully saturated rings. The number of rotatable bonds is 6. The average Bonchev–Trinajstić information content (AvgIpc) is 3.37. The van der Waals surface area contributed by atoms with Crippen molar-refractivity contribution in [3.8, 4) is 0 Å². The van der Waals surface area contributed by atoms with Crippen molar-refractivity contribution in [3.63, 3.8) is 0 Å². The number of H-pyrrole nitrogens is 1. The summed E-state index contributed by atoms with van der Waals surface area (Å²) in [6, 6.07) is 21.8. The van der Waals surface area contributed by atoms with E-state index in [4.69, 9.17) is 0 Å². The van der Waals surface area contributed by atoms with Gasteiger partial charge >= 0.3 is 0 Å². The van der Waals surface area contributed by atoms with Crippen LogP contribution in [0.15, 0.2) is 96.4 Å². The first kappa shape index (κ1) is 20.7. The number of halogens is 1. The number of aryl methyl sites for hydroxylation is 1. The van der Waals surface area contributed by atoms with E-state index in [9.17, 15) is 19.1 Å². The van der Waals surface area contributed by atoms with E-state index in [0.717, 1.165) is 16.5 Å². The van der Waals surface area contributed by atoms with Crippen LogP contribution in [-0.2, 0) is 16.0 Å². The Kier molecular flexibility index (Phi) is 5.26. The number of aliphatic hydroxyl groups is 1. The highest BCUT2D eigenvalue weighted by Crippen LogP contribution is 2.43. The van der Waals surface area contributed by atoms with E-state index in [0.29, 0.717) is 12.0 Å². The van der Waals surface area contributed by atoms with Gasteiger partial charge in [0.25, 0.3) is 5.91 Å². The number of aromatic amines is 1. The third kappa shape index (κ3) is 3.69. The number of amides is 1. The van der Waals surface area contributed by atoms with Crippen molar-refractivity contribution >= 4 is 28.3 Å². The minimum absolute atomic E-state index is 0.0324. The number of carbonyl (C=O) groups excluding carboxylic acids is 2. The van der Waals surface area contributed by atoms with Crippen LogP contribution >= 0.6 is 0 Å². The van der Waals surface area contributed by atoms with E-state index >= 15 is 0 Å². The standard InChI is InChI=1S/C27H21FN2O3/c28-18-9-6-10-19(15-18)30-25(21-16-29-22-12-5-4-11-20(21)22)24(26(32)27(30)33)23(31)14-13-17-7-2-1-3-8-17/h1-12,15-16,25,29,32H,13-14H2. The lowest BCUT2D eigenvalue weighted by molar-refractivity contribution is -0.118. The highest BCUT2D eigenvalue weighted by Gasteiger charge is 2.45. The number of nitrogens with one attached hydrogen (secondary N) is 1. The van der Waals surface area contributed by atoms with Crippen LogP contribution in [0, 0.1) is 5.82 Å². The quantitative estimate of drug-likeness (QED) is 0.421. The minimum Gasteiger partial charge on any atom is -0.503 e. The van der Waals surface area contributed by atoms with Crippen molar-refractivity contribution < 1.29 is 19.1 Å². The highest BCUT2D eigenvalue weighted by molar-refractivity contribution is 6.17. The van der Waals surface area contributed by atoms with Crippen molar-refractivity contribution in [1.82, 2.24) is 4.98 Å². The first-order valence-corrected chi connectivity index (χ1v) is 10.7. The molecule has 5 nitrogen and oxygen atoms in total. The molecular weight excluding hydrogens is 419 g/mol. The Morgan fingerprint density at radius 2 is 1.76 bits per heavy atom. The van der Waals surface area contributed by atoms with Gasteiger partial charge in [0.05, 0.1) is 11.6 Å². The van der Waals surface area contributed by atoms with Crippen LogP contribution < -0.4 is 4.90 Å². The summed E-state index contributed by atoms with van der Waals surface area (Å²) in [5, 5.41) is 11.7. The Morgan fingerprint density at radius 1 is 1.00 bits per heavy atom. The van der Waals surface area contributed by atoms with Gasteiger partial charge in [-0.2, -0.15) is 0 Å². The number of aliphatic hydroxyl groups excluding tert-OH is 1. The molecular formula is C27H21FN2O3. The van der Waals surface area contributed by atoms with Crippen LogP contribution in [0.4, 0.5) is 10.1 Å². The summed E-state index contributed by atoms with van der Waals surface area (Å²) in [5.41, 5.74) is 2.79. The van der Waals surface area contributed by atoms with E-state index in [2.05, 4.69) is 4.98 Å². The van der Waals surface area contributed by atoms with E-state index in [1.54, 1.807) is 12.3 Å². The summed E-state index contributed by atoms with van der Waals surface area (Å²) in [7, 11) is 0. The van der Waals surface area contributed by atoms with Crippen LogP contribution in [0.3, 0.4) is 0 Å². The van der Waals surface area contributed by atoms with Crippen molar-refractivity contribution in [3.05, 3.63) is 113 Å². The Bertz CT molecular complexity index is 1390. The van der Waals surface area contributed by atoms with Gasteiger partial charge in [0.15, 0.2) is 11.5 Å². The van der Waals surface area contributed by atoms with Gasteiger partial charge in [-0.25, -0.2) is 4.39 Å². The Balaban J connectivity index is 1.59. The molecule has 2 N–H and O–H groups in total. The fourth-order valence-electron chi connectivity index (χ4n) is 4.43. The molecule has 0 bridgehead atoms. The van der Waals surface area contributed by atoms with E-state index < -0.39 is 23.5 Å². The summed E-state index contributed by atoms with van der Waals surface area (Å²) >= 11 is 0. The van der Waals surface area contributed by atoms with Gasteiger partial charge in [0.1, 0.15) is 5.82 Å². The number of hydrogen-bond acceptors (Lipinski definition) is 3. The number of nitrogens with zero attached hydrogens (tertiary/aromatic N) is 1. The van der Waals surface area contributed by atoms with Crippen molar-refractivity contribution in [2.24, 2.45) is 0 Å². The molecule has 2 heterocycles. The molecule has 1 atom stereocenters. The number of benzene rings is 3. The summed E-state index contributed by atoms with van der Waals surface area (Å²) in [5.74, 6) is -2.15. The Morgan fingerprint density at radius 3 is 2.55 bits per heavy atom. The fourth-order valence-corrected chi connectivity index (χ4v) is 4.43. The zero-order valence-electron chi connectivity index (χ0n) is 17.7. The van der Waals surface area contributed by atoms with Crippen LogP contribution in [0.1, 0.15) is 23.6 Å². The molecule has 0 aliphatic carbocycles. The van der Waals surface area contributed by atoms with Crippen molar-refractivity contribution in [2.45, 2.75) is 18.9 Å². The largest absolute Gasteiger partial charge is 0.503 e. The lowest BCUT2D eigenvalue weighted by Crippen LogP contribution is -2.31. The summed E-state index contributed by atoms with van der Waals surface area (Å²) in [4.78, 5) is 31.0. The first-order valence-electron chi connectivity index (χ1n) is 10.7. The fraction of sp³-hybridized carbons (Fsp3) is 0.111. The molecule has 164 valence electrons. The SMILES string of the molecule is O=C(CCc1ccccc1)C1=C(O)C(=O)N(c2cccc(F)c2)C1c1c[nH]c2ccccc12. The second-order valence-corrected chi connectivity index (χ2v) is 8.02. The van der Waals surface area contributed by atoms with Gasteiger partial charge in [-0.05, 0) is 36.2 Å². The molecule has 0 radical (unpaired) electrons. The van der Waals surface area contributed by atoms with Crippen LogP contribution in [0.2, 0.25) is 0 Å².